The van der Waals surface area contributed by atoms with Gasteiger partial charge in [0, 0.05) is 24.9 Å². The highest BCUT2D eigenvalue weighted by atomic mass is 16.1. The van der Waals surface area contributed by atoms with E-state index in [1.165, 1.54) is 12.0 Å². The zero-order valence-corrected chi connectivity index (χ0v) is 11.2. The SMILES string of the molecule is C=C(C)[C@H]1C[C@@H]2C(=O)C[C@@H]3CN(C)[C@H](C1)[C@@]32C. The number of ketones is 1. The molecule has 1 saturated heterocycles. The molecule has 94 valence electrons. The first-order valence-electron chi connectivity index (χ1n) is 6.83. The zero-order chi connectivity index (χ0) is 12.4. The number of Topliss-reactive ketones (excluding diaryl/α,β-unsaturated/α-hetero) is 1. The van der Waals surface area contributed by atoms with Crippen molar-refractivity contribution in [2.45, 2.75) is 39.2 Å². The van der Waals surface area contributed by atoms with E-state index in [4.69, 9.17) is 0 Å². The highest BCUT2D eigenvalue weighted by Crippen LogP contribution is 2.60. The van der Waals surface area contributed by atoms with Crippen LogP contribution >= 0.6 is 0 Å². The predicted octanol–water partition coefficient (Wildman–Crippen LogP) is 2.50. The second-order valence-electron chi connectivity index (χ2n) is 6.76. The molecule has 0 N–H and O–H groups in total. The number of carbonyl (C=O) groups is 1. The summed E-state index contributed by atoms with van der Waals surface area (Å²) < 4.78 is 0. The van der Waals surface area contributed by atoms with E-state index in [1.54, 1.807) is 0 Å². The Labute approximate surface area is 104 Å². The van der Waals surface area contributed by atoms with E-state index in [0.717, 1.165) is 19.4 Å². The standard InChI is InChI=1S/C15H23NO/c1-9(2)10-5-12-13(17)7-11-8-16(4)14(6-10)15(11,12)3/h10-12,14H,1,5-8H2,2-4H3/t10-,11+,12+,14+,15-/m0/s1. The lowest BCUT2D eigenvalue weighted by Gasteiger charge is -2.45. The summed E-state index contributed by atoms with van der Waals surface area (Å²) in [5.41, 5.74) is 1.53. The summed E-state index contributed by atoms with van der Waals surface area (Å²) in [5.74, 6) is 2.00. The Bertz CT molecular complexity index is 388. The van der Waals surface area contributed by atoms with Crippen LogP contribution in [0.5, 0.6) is 0 Å². The van der Waals surface area contributed by atoms with Gasteiger partial charge in [0.15, 0.2) is 0 Å². The highest BCUT2D eigenvalue weighted by Gasteiger charge is 2.62. The second kappa shape index (κ2) is 3.44. The quantitative estimate of drug-likeness (QED) is 0.649. The van der Waals surface area contributed by atoms with Gasteiger partial charge in [0.1, 0.15) is 5.78 Å². The summed E-state index contributed by atoms with van der Waals surface area (Å²) in [7, 11) is 2.23. The minimum atomic E-state index is 0.262. The molecule has 17 heavy (non-hydrogen) atoms. The van der Waals surface area contributed by atoms with Crippen LogP contribution in [0.1, 0.15) is 33.1 Å². The van der Waals surface area contributed by atoms with E-state index in [0.29, 0.717) is 29.6 Å². The Morgan fingerprint density at radius 3 is 2.82 bits per heavy atom. The lowest BCUT2D eigenvalue weighted by atomic mass is 9.61. The summed E-state index contributed by atoms with van der Waals surface area (Å²) in [6.07, 6.45) is 3.10. The average molecular weight is 233 g/mol. The van der Waals surface area contributed by atoms with E-state index in [-0.39, 0.29) is 5.41 Å². The van der Waals surface area contributed by atoms with Gasteiger partial charge in [-0.1, -0.05) is 19.1 Å². The van der Waals surface area contributed by atoms with Crippen molar-refractivity contribution in [1.82, 2.24) is 4.90 Å². The van der Waals surface area contributed by atoms with Crippen molar-refractivity contribution < 1.29 is 4.79 Å². The van der Waals surface area contributed by atoms with Gasteiger partial charge in [0.25, 0.3) is 0 Å². The van der Waals surface area contributed by atoms with Crippen LogP contribution in [0.3, 0.4) is 0 Å². The smallest absolute Gasteiger partial charge is 0.136 e. The maximum absolute atomic E-state index is 12.2. The Kier molecular flexibility index (Phi) is 2.32. The first-order chi connectivity index (χ1) is 7.94. The molecule has 3 rings (SSSR count). The first kappa shape index (κ1) is 11.5. The summed E-state index contributed by atoms with van der Waals surface area (Å²) in [6, 6.07) is 0.597. The van der Waals surface area contributed by atoms with Crippen molar-refractivity contribution in [3.63, 3.8) is 0 Å². The van der Waals surface area contributed by atoms with Gasteiger partial charge in [-0.3, -0.25) is 4.79 Å². The molecule has 3 fully saturated rings. The molecule has 2 aliphatic carbocycles. The summed E-state index contributed by atoms with van der Waals surface area (Å²) in [6.45, 7) is 9.73. The van der Waals surface area contributed by atoms with Gasteiger partial charge in [0.05, 0.1) is 0 Å². The van der Waals surface area contributed by atoms with E-state index >= 15 is 0 Å². The van der Waals surface area contributed by atoms with Crippen molar-refractivity contribution in [3.8, 4) is 0 Å². The molecular weight excluding hydrogens is 210 g/mol. The molecular formula is C15H23NO. The molecule has 2 heteroatoms. The first-order valence-corrected chi connectivity index (χ1v) is 6.83. The Morgan fingerprint density at radius 1 is 1.47 bits per heavy atom. The zero-order valence-electron chi connectivity index (χ0n) is 11.2. The molecule has 0 radical (unpaired) electrons. The Balaban J connectivity index is 1.99. The summed E-state index contributed by atoms with van der Waals surface area (Å²) in [5, 5.41) is 0. The third-order valence-corrected chi connectivity index (χ3v) is 5.95. The molecule has 5 atom stereocenters. The monoisotopic (exact) mass is 233 g/mol. The lowest BCUT2D eigenvalue weighted by Crippen LogP contribution is -2.47. The van der Waals surface area contributed by atoms with Crippen molar-refractivity contribution in [1.29, 1.82) is 0 Å². The third-order valence-electron chi connectivity index (χ3n) is 5.95. The molecule has 1 aliphatic heterocycles. The van der Waals surface area contributed by atoms with Crippen molar-refractivity contribution in [2.75, 3.05) is 13.6 Å². The van der Waals surface area contributed by atoms with Crippen LogP contribution in [-0.4, -0.2) is 30.3 Å². The third kappa shape index (κ3) is 1.33. The Morgan fingerprint density at radius 2 is 2.18 bits per heavy atom. The van der Waals surface area contributed by atoms with Crippen LogP contribution in [0.2, 0.25) is 0 Å². The fraction of sp³-hybridized carbons (Fsp3) is 0.800. The molecule has 0 unspecified atom stereocenters. The number of nitrogens with zero attached hydrogens (tertiary/aromatic N) is 1. The van der Waals surface area contributed by atoms with Crippen LogP contribution < -0.4 is 0 Å². The average Bonchev–Trinajstić information content (AvgIpc) is 2.63. The predicted molar refractivity (Wildman–Crippen MR) is 68.7 cm³/mol. The Hall–Kier alpha value is -0.630. The molecule has 3 aliphatic rings. The molecule has 0 bridgehead atoms. The van der Waals surface area contributed by atoms with Crippen molar-refractivity contribution in [2.24, 2.45) is 23.2 Å². The number of allylic oxidation sites excluding steroid dienone is 1. The van der Waals surface area contributed by atoms with Gasteiger partial charge in [-0.05, 0) is 44.1 Å². The maximum Gasteiger partial charge on any atom is 0.136 e. The van der Waals surface area contributed by atoms with E-state index < -0.39 is 0 Å². The van der Waals surface area contributed by atoms with Crippen molar-refractivity contribution >= 4 is 5.78 Å². The van der Waals surface area contributed by atoms with Crippen LogP contribution in [0.15, 0.2) is 12.2 Å². The van der Waals surface area contributed by atoms with Gasteiger partial charge in [0.2, 0.25) is 0 Å². The molecule has 0 aromatic rings. The summed E-state index contributed by atoms with van der Waals surface area (Å²) in [4.78, 5) is 14.7. The second-order valence-corrected chi connectivity index (χ2v) is 6.76. The molecule has 0 amide bonds. The van der Waals surface area contributed by atoms with E-state index in [2.05, 4.69) is 32.4 Å². The molecule has 2 saturated carbocycles. The fourth-order valence-corrected chi connectivity index (χ4v) is 4.82. The lowest BCUT2D eigenvalue weighted by molar-refractivity contribution is -0.124. The minimum absolute atomic E-state index is 0.262. The van der Waals surface area contributed by atoms with E-state index in [9.17, 15) is 4.79 Å². The van der Waals surface area contributed by atoms with E-state index in [1.807, 2.05) is 0 Å². The largest absolute Gasteiger partial charge is 0.303 e. The topological polar surface area (TPSA) is 20.3 Å². The number of carbonyl (C=O) groups excluding carboxylic acids is 1. The van der Waals surface area contributed by atoms with Gasteiger partial charge in [-0.25, -0.2) is 0 Å². The van der Waals surface area contributed by atoms with Crippen LogP contribution in [0, 0.1) is 23.2 Å². The van der Waals surface area contributed by atoms with Crippen LogP contribution in [0.4, 0.5) is 0 Å². The normalized spacial score (nSPS) is 49.5. The molecule has 1 heterocycles. The van der Waals surface area contributed by atoms with Crippen LogP contribution in [-0.2, 0) is 4.79 Å². The number of likely N-dealkylation sites (tertiary alicyclic amines) is 1. The van der Waals surface area contributed by atoms with Gasteiger partial charge in [-0.2, -0.15) is 0 Å². The van der Waals surface area contributed by atoms with Crippen molar-refractivity contribution in [3.05, 3.63) is 12.2 Å². The molecule has 2 nitrogen and oxygen atoms in total. The minimum Gasteiger partial charge on any atom is -0.303 e. The maximum atomic E-state index is 12.2. The van der Waals surface area contributed by atoms with Crippen LogP contribution in [0.25, 0.3) is 0 Å². The highest BCUT2D eigenvalue weighted by molar-refractivity contribution is 5.85. The molecule has 0 aromatic heterocycles. The van der Waals surface area contributed by atoms with Gasteiger partial charge >= 0.3 is 0 Å². The number of hydrogen-bond acceptors (Lipinski definition) is 2. The molecule has 0 spiro atoms. The van der Waals surface area contributed by atoms with Gasteiger partial charge < -0.3 is 4.90 Å². The summed E-state index contributed by atoms with van der Waals surface area (Å²) >= 11 is 0. The number of hydrogen-bond donors (Lipinski definition) is 0. The fourth-order valence-electron chi connectivity index (χ4n) is 4.82. The van der Waals surface area contributed by atoms with Gasteiger partial charge in [-0.15, -0.1) is 0 Å². The molecule has 0 aromatic carbocycles. The number of rotatable bonds is 1.